The number of halogens is 3. The molecule has 3 atom stereocenters. The summed E-state index contributed by atoms with van der Waals surface area (Å²) in [6, 6.07) is 18.7. The van der Waals surface area contributed by atoms with Crippen LogP contribution in [0, 0.1) is 18.8 Å². The highest BCUT2D eigenvalue weighted by molar-refractivity contribution is 9.10. The highest BCUT2D eigenvalue weighted by atomic mass is 79.9. The summed E-state index contributed by atoms with van der Waals surface area (Å²) in [6.07, 6.45) is 4.06. The van der Waals surface area contributed by atoms with Gasteiger partial charge in [0, 0.05) is 38.3 Å². The molecule has 0 radical (unpaired) electrons. The number of ether oxygens (including phenoxy) is 1. The Bertz CT molecular complexity index is 1850. The van der Waals surface area contributed by atoms with E-state index in [4.69, 9.17) is 32.9 Å². The number of aromatic nitrogens is 1. The molecule has 3 aromatic carbocycles. The number of nitrogens with zero attached hydrogens (tertiary/aromatic N) is 2. The van der Waals surface area contributed by atoms with E-state index in [0.717, 1.165) is 10.0 Å². The lowest BCUT2D eigenvalue weighted by Crippen LogP contribution is -2.30. The van der Waals surface area contributed by atoms with Gasteiger partial charge in [0.15, 0.2) is 6.10 Å². The third-order valence-electron chi connectivity index (χ3n) is 8.26. The van der Waals surface area contributed by atoms with Crippen molar-refractivity contribution in [2.24, 2.45) is 11.8 Å². The summed E-state index contributed by atoms with van der Waals surface area (Å²) in [5.74, 6) is -1.98. The number of alkyl halides is 1. The van der Waals surface area contributed by atoms with E-state index in [2.05, 4.69) is 15.9 Å². The fourth-order valence-corrected chi connectivity index (χ4v) is 6.84. The number of carbonyl (C=O) groups is 4. The predicted molar refractivity (Wildman–Crippen MR) is 178 cm³/mol. The van der Waals surface area contributed by atoms with Gasteiger partial charge in [-0.2, -0.15) is 0 Å². The third kappa shape index (κ3) is 6.07. The minimum absolute atomic E-state index is 0.108. The van der Waals surface area contributed by atoms with E-state index in [1.807, 2.05) is 25.1 Å². The van der Waals surface area contributed by atoms with Gasteiger partial charge in [-0.1, -0.05) is 51.8 Å². The standard InChI is InChI=1S/C35H27BrCl2N2O5/c1-19-16-22(36)17-27-28(35(44)45-30(14-15-37)32(41)21-6-10-23(38)11-7-21)18-29(39-31(19)27)20-8-12-24(13-9-20)40-33(42)25-4-2-3-5-26(25)34(40)43/h2-3,6-13,16-18,25-26,30H,4-5,14-15H2,1H3. The topological polar surface area (TPSA) is 93.6 Å². The normalized spacial score (nSPS) is 18.3. The van der Waals surface area contributed by atoms with Gasteiger partial charge in [0.2, 0.25) is 17.6 Å². The van der Waals surface area contributed by atoms with Crippen molar-refractivity contribution in [3.05, 3.63) is 105 Å². The van der Waals surface area contributed by atoms with E-state index in [1.165, 1.54) is 4.90 Å². The molecule has 10 heteroatoms. The molecule has 6 rings (SSSR count). The lowest BCUT2D eigenvalue weighted by atomic mass is 9.85. The first kappa shape index (κ1) is 31.1. The first-order valence-corrected chi connectivity index (χ1v) is 16.2. The van der Waals surface area contributed by atoms with Crippen molar-refractivity contribution in [2.75, 3.05) is 10.8 Å². The average Bonchev–Trinajstić information content (AvgIpc) is 3.29. The smallest absolute Gasteiger partial charge is 0.339 e. The fourth-order valence-electron chi connectivity index (χ4n) is 5.94. The van der Waals surface area contributed by atoms with Crippen LogP contribution in [0.5, 0.6) is 0 Å². The number of rotatable bonds is 8. The summed E-state index contributed by atoms with van der Waals surface area (Å²) in [4.78, 5) is 59.4. The van der Waals surface area contributed by atoms with E-state index in [1.54, 1.807) is 60.7 Å². The van der Waals surface area contributed by atoms with Gasteiger partial charge >= 0.3 is 5.97 Å². The molecule has 2 heterocycles. The number of Topliss-reactive ketones (excluding diaryl/α,β-unsaturated/α-hetero) is 1. The second kappa shape index (κ2) is 12.9. The number of pyridine rings is 1. The molecule has 1 saturated heterocycles. The molecule has 4 aromatic rings. The zero-order valence-corrected chi connectivity index (χ0v) is 27.2. The maximum atomic E-state index is 13.8. The highest BCUT2D eigenvalue weighted by Gasteiger charge is 2.47. The Morgan fingerprint density at radius 2 is 1.62 bits per heavy atom. The molecule has 1 aromatic heterocycles. The molecular formula is C35H27BrCl2N2O5. The summed E-state index contributed by atoms with van der Waals surface area (Å²) in [7, 11) is 0. The van der Waals surface area contributed by atoms with E-state index < -0.39 is 12.1 Å². The van der Waals surface area contributed by atoms with Crippen LogP contribution in [-0.4, -0.2) is 40.5 Å². The number of fused-ring (bicyclic) bond motifs is 2. The van der Waals surface area contributed by atoms with E-state index in [0.29, 0.717) is 51.3 Å². The lowest BCUT2D eigenvalue weighted by molar-refractivity contribution is -0.122. The van der Waals surface area contributed by atoms with Crippen molar-refractivity contribution in [2.45, 2.75) is 32.3 Å². The number of anilines is 1. The molecule has 0 saturated carbocycles. The van der Waals surface area contributed by atoms with Crippen LogP contribution in [-0.2, 0) is 14.3 Å². The second-order valence-electron chi connectivity index (χ2n) is 11.1. The molecule has 7 nitrogen and oxygen atoms in total. The first-order valence-electron chi connectivity index (χ1n) is 14.5. The van der Waals surface area contributed by atoms with Crippen LogP contribution in [0.15, 0.2) is 83.4 Å². The Labute approximate surface area is 278 Å². The molecule has 0 bridgehead atoms. The lowest BCUT2D eigenvalue weighted by Gasteiger charge is -2.18. The van der Waals surface area contributed by atoms with Crippen LogP contribution in [0.1, 0.15) is 45.5 Å². The highest BCUT2D eigenvalue weighted by Crippen LogP contribution is 2.38. The monoisotopic (exact) mass is 704 g/mol. The second-order valence-corrected chi connectivity index (χ2v) is 12.9. The van der Waals surface area contributed by atoms with Gasteiger partial charge in [0.1, 0.15) is 0 Å². The van der Waals surface area contributed by atoms with Crippen LogP contribution < -0.4 is 4.90 Å². The predicted octanol–water partition coefficient (Wildman–Crippen LogP) is 8.12. The van der Waals surface area contributed by atoms with Crippen molar-refractivity contribution in [1.82, 2.24) is 4.98 Å². The quantitative estimate of drug-likeness (QED) is 0.0605. The van der Waals surface area contributed by atoms with Gasteiger partial charge in [-0.3, -0.25) is 19.3 Å². The zero-order valence-electron chi connectivity index (χ0n) is 24.1. The van der Waals surface area contributed by atoms with Crippen molar-refractivity contribution < 1.29 is 23.9 Å². The SMILES string of the molecule is Cc1cc(Br)cc2c(C(=O)OC(CCCl)C(=O)c3ccc(Cl)cc3)cc(-c3ccc(N4C(=O)C5CC=CCC5C4=O)cc3)nc12. The Hall–Kier alpha value is -3.85. The summed E-state index contributed by atoms with van der Waals surface area (Å²) >= 11 is 15.5. The molecule has 2 amide bonds. The van der Waals surface area contributed by atoms with Crippen molar-refractivity contribution in [3.63, 3.8) is 0 Å². The summed E-state index contributed by atoms with van der Waals surface area (Å²) in [6.45, 7) is 1.89. The molecular weight excluding hydrogens is 679 g/mol. The number of carbonyl (C=O) groups excluding carboxylic acids is 4. The molecule has 0 N–H and O–H groups in total. The van der Waals surface area contributed by atoms with Crippen LogP contribution in [0.3, 0.4) is 0 Å². The number of esters is 1. The van der Waals surface area contributed by atoms with Gasteiger partial charge in [0.05, 0.1) is 34.3 Å². The zero-order chi connectivity index (χ0) is 31.8. The summed E-state index contributed by atoms with van der Waals surface area (Å²) < 4.78 is 6.58. The largest absolute Gasteiger partial charge is 0.450 e. The van der Waals surface area contributed by atoms with Crippen LogP contribution in [0.25, 0.3) is 22.2 Å². The third-order valence-corrected chi connectivity index (χ3v) is 9.19. The Morgan fingerprint density at radius 1 is 0.978 bits per heavy atom. The number of allylic oxidation sites excluding steroid dienone is 2. The molecule has 2 aliphatic rings. The number of imide groups is 1. The van der Waals surface area contributed by atoms with Gasteiger partial charge in [0.25, 0.3) is 0 Å². The van der Waals surface area contributed by atoms with Gasteiger partial charge in [-0.05, 0) is 79.9 Å². The number of ketones is 1. The van der Waals surface area contributed by atoms with Gasteiger partial charge in [-0.25, -0.2) is 9.78 Å². The van der Waals surface area contributed by atoms with Crippen LogP contribution >= 0.6 is 39.1 Å². The molecule has 3 unspecified atom stereocenters. The van der Waals surface area contributed by atoms with E-state index in [-0.39, 0.29) is 47.3 Å². The molecule has 45 heavy (non-hydrogen) atoms. The van der Waals surface area contributed by atoms with Gasteiger partial charge < -0.3 is 4.74 Å². The van der Waals surface area contributed by atoms with Crippen LogP contribution in [0.4, 0.5) is 5.69 Å². The number of benzene rings is 3. The molecule has 1 fully saturated rings. The molecule has 1 aliphatic carbocycles. The fraction of sp³-hybridized carbons (Fsp3) is 0.229. The summed E-state index contributed by atoms with van der Waals surface area (Å²) in [5.41, 5.74) is 3.65. The van der Waals surface area contributed by atoms with Crippen molar-refractivity contribution in [1.29, 1.82) is 0 Å². The Kier molecular flexibility index (Phi) is 8.91. The number of hydrogen-bond acceptors (Lipinski definition) is 6. The average molecular weight is 706 g/mol. The Morgan fingerprint density at radius 3 is 2.24 bits per heavy atom. The first-order chi connectivity index (χ1) is 21.7. The maximum Gasteiger partial charge on any atom is 0.339 e. The Balaban J connectivity index is 1.34. The van der Waals surface area contributed by atoms with E-state index in [9.17, 15) is 19.2 Å². The number of hydrogen-bond donors (Lipinski definition) is 0. The minimum Gasteiger partial charge on any atom is -0.450 e. The van der Waals surface area contributed by atoms with Gasteiger partial charge in [-0.15, -0.1) is 11.6 Å². The van der Waals surface area contributed by atoms with Crippen molar-refractivity contribution in [3.8, 4) is 11.3 Å². The minimum atomic E-state index is -1.11. The maximum absolute atomic E-state index is 13.8. The number of amides is 2. The molecule has 0 spiro atoms. The van der Waals surface area contributed by atoms with E-state index >= 15 is 0 Å². The number of aryl methyl sites for hydroxylation is 1. The van der Waals surface area contributed by atoms with Crippen LogP contribution in [0.2, 0.25) is 5.02 Å². The molecule has 1 aliphatic heterocycles. The summed E-state index contributed by atoms with van der Waals surface area (Å²) in [5, 5.41) is 1.04. The van der Waals surface area contributed by atoms with Crippen molar-refractivity contribution >= 4 is 79.3 Å². The molecule has 228 valence electrons.